The third kappa shape index (κ3) is 5.73. The molecule has 0 saturated carbocycles. The minimum Gasteiger partial charge on any atom is -0.450 e. The molecule has 0 unspecified atom stereocenters. The molecule has 0 radical (unpaired) electrons. The Morgan fingerprint density at radius 2 is 2.00 bits per heavy atom. The van der Waals surface area contributed by atoms with Crippen LogP contribution in [0, 0.1) is 0 Å². The lowest BCUT2D eigenvalue weighted by Crippen LogP contribution is -2.24. The van der Waals surface area contributed by atoms with Gasteiger partial charge in [-0.3, -0.25) is 10.1 Å². The zero-order valence-electron chi connectivity index (χ0n) is 12.1. The molecule has 5 nitrogen and oxygen atoms in total. The van der Waals surface area contributed by atoms with Gasteiger partial charge in [-0.1, -0.05) is 25.8 Å². The number of nitrogens with one attached hydrogen (secondary N) is 2. The zero-order chi connectivity index (χ0) is 14.8. The Balaban J connectivity index is 2.54. The van der Waals surface area contributed by atoms with Gasteiger partial charge in [-0.2, -0.15) is 0 Å². The predicted octanol–water partition coefficient (Wildman–Crippen LogP) is 3.18. The summed E-state index contributed by atoms with van der Waals surface area (Å²) in [5.74, 6) is -0.131. The second kappa shape index (κ2) is 8.96. The molecule has 5 heteroatoms. The van der Waals surface area contributed by atoms with Gasteiger partial charge < -0.3 is 10.1 Å². The standard InChI is InChI=1S/C15H22N2O3/c1-3-5-6-10-16-14(18)12-8-7-9-13(11-12)17-15(19)20-4-2/h7-9,11H,3-6,10H2,1-2H3,(H,16,18)(H,17,19). The van der Waals surface area contributed by atoms with Crippen molar-refractivity contribution in [2.24, 2.45) is 0 Å². The number of unbranched alkanes of at least 4 members (excludes halogenated alkanes) is 2. The number of hydrogen-bond donors (Lipinski definition) is 2. The summed E-state index contributed by atoms with van der Waals surface area (Å²) in [5, 5.41) is 5.43. The summed E-state index contributed by atoms with van der Waals surface area (Å²) in [4.78, 5) is 23.2. The van der Waals surface area contributed by atoms with E-state index in [1.165, 1.54) is 0 Å². The van der Waals surface area contributed by atoms with Crippen LogP contribution in [0.4, 0.5) is 10.5 Å². The molecule has 0 bridgehead atoms. The molecule has 1 aromatic carbocycles. The molecule has 1 rings (SSSR count). The van der Waals surface area contributed by atoms with Crippen LogP contribution in [-0.2, 0) is 4.74 Å². The first kappa shape index (κ1) is 16.0. The van der Waals surface area contributed by atoms with Crippen molar-refractivity contribution in [3.05, 3.63) is 29.8 Å². The molecule has 0 aliphatic rings. The van der Waals surface area contributed by atoms with Crippen molar-refractivity contribution in [1.29, 1.82) is 0 Å². The second-order valence-electron chi connectivity index (χ2n) is 4.39. The second-order valence-corrected chi connectivity index (χ2v) is 4.39. The maximum absolute atomic E-state index is 11.9. The van der Waals surface area contributed by atoms with Gasteiger partial charge >= 0.3 is 6.09 Å². The van der Waals surface area contributed by atoms with Gasteiger partial charge in [0.15, 0.2) is 0 Å². The number of amides is 2. The SMILES string of the molecule is CCCCCNC(=O)c1cccc(NC(=O)OCC)c1. The summed E-state index contributed by atoms with van der Waals surface area (Å²) < 4.78 is 4.79. The van der Waals surface area contributed by atoms with Gasteiger partial charge in [0.1, 0.15) is 0 Å². The van der Waals surface area contributed by atoms with E-state index in [0.717, 1.165) is 19.3 Å². The Morgan fingerprint density at radius 3 is 2.70 bits per heavy atom. The van der Waals surface area contributed by atoms with Crippen molar-refractivity contribution in [3.63, 3.8) is 0 Å². The van der Waals surface area contributed by atoms with E-state index < -0.39 is 6.09 Å². The van der Waals surface area contributed by atoms with Crippen LogP contribution in [0.3, 0.4) is 0 Å². The fraction of sp³-hybridized carbons (Fsp3) is 0.467. The van der Waals surface area contributed by atoms with Gasteiger partial charge in [0, 0.05) is 17.8 Å². The molecule has 0 aliphatic heterocycles. The predicted molar refractivity (Wildman–Crippen MR) is 78.9 cm³/mol. The first-order valence-electron chi connectivity index (χ1n) is 6.99. The highest BCUT2D eigenvalue weighted by atomic mass is 16.5. The highest BCUT2D eigenvalue weighted by Crippen LogP contribution is 2.11. The average molecular weight is 278 g/mol. The number of benzene rings is 1. The Morgan fingerprint density at radius 1 is 1.20 bits per heavy atom. The molecule has 110 valence electrons. The minimum absolute atomic E-state index is 0.131. The van der Waals surface area contributed by atoms with Gasteiger partial charge in [0.05, 0.1) is 6.61 Å². The fourth-order valence-electron chi connectivity index (χ4n) is 1.70. The molecule has 0 aliphatic carbocycles. The number of ether oxygens (including phenoxy) is 1. The van der Waals surface area contributed by atoms with E-state index in [9.17, 15) is 9.59 Å². The number of anilines is 1. The smallest absolute Gasteiger partial charge is 0.411 e. The van der Waals surface area contributed by atoms with E-state index in [2.05, 4.69) is 17.6 Å². The normalized spacial score (nSPS) is 9.90. The first-order valence-corrected chi connectivity index (χ1v) is 6.99. The van der Waals surface area contributed by atoms with Crippen molar-refractivity contribution in [1.82, 2.24) is 5.32 Å². The molecule has 0 aromatic heterocycles. The van der Waals surface area contributed by atoms with Crippen LogP contribution in [0.25, 0.3) is 0 Å². The summed E-state index contributed by atoms with van der Waals surface area (Å²) in [7, 11) is 0. The van der Waals surface area contributed by atoms with Crippen LogP contribution in [0.15, 0.2) is 24.3 Å². The fourth-order valence-corrected chi connectivity index (χ4v) is 1.70. The molecule has 0 heterocycles. The summed E-state index contributed by atoms with van der Waals surface area (Å²) in [5.41, 5.74) is 1.07. The maximum atomic E-state index is 11.9. The molecule has 20 heavy (non-hydrogen) atoms. The number of hydrogen-bond acceptors (Lipinski definition) is 3. The van der Waals surface area contributed by atoms with Crippen LogP contribution < -0.4 is 10.6 Å². The van der Waals surface area contributed by atoms with E-state index in [1.807, 2.05) is 0 Å². The number of carbonyl (C=O) groups excluding carboxylic acids is 2. The molecule has 0 spiro atoms. The molecular weight excluding hydrogens is 256 g/mol. The van der Waals surface area contributed by atoms with Crippen molar-refractivity contribution >= 4 is 17.7 Å². The van der Waals surface area contributed by atoms with Crippen LogP contribution in [0.5, 0.6) is 0 Å². The molecular formula is C15H22N2O3. The van der Waals surface area contributed by atoms with Crippen LogP contribution in [-0.4, -0.2) is 25.2 Å². The molecule has 2 N–H and O–H groups in total. The van der Waals surface area contributed by atoms with E-state index in [0.29, 0.717) is 24.4 Å². The Kier molecular flexibility index (Phi) is 7.17. The lowest BCUT2D eigenvalue weighted by Gasteiger charge is -2.08. The Hall–Kier alpha value is -2.04. The minimum atomic E-state index is -0.520. The van der Waals surface area contributed by atoms with Crippen LogP contribution in [0.2, 0.25) is 0 Å². The van der Waals surface area contributed by atoms with Crippen molar-refractivity contribution in [2.75, 3.05) is 18.5 Å². The van der Waals surface area contributed by atoms with Crippen LogP contribution in [0.1, 0.15) is 43.5 Å². The van der Waals surface area contributed by atoms with Gasteiger partial charge in [-0.25, -0.2) is 4.79 Å². The van der Waals surface area contributed by atoms with E-state index in [1.54, 1.807) is 31.2 Å². The Labute approximate surface area is 119 Å². The highest BCUT2D eigenvalue weighted by molar-refractivity contribution is 5.96. The average Bonchev–Trinajstić information content (AvgIpc) is 2.44. The Bertz CT molecular complexity index is 446. The third-order valence-electron chi connectivity index (χ3n) is 2.71. The van der Waals surface area contributed by atoms with Crippen molar-refractivity contribution in [2.45, 2.75) is 33.1 Å². The molecule has 0 fully saturated rings. The summed E-state index contributed by atoms with van der Waals surface area (Å²) in [6.45, 7) is 4.83. The lowest BCUT2D eigenvalue weighted by molar-refractivity contribution is 0.0953. The first-order chi connectivity index (χ1) is 9.67. The summed E-state index contributed by atoms with van der Waals surface area (Å²) in [6, 6.07) is 6.78. The topological polar surface area (TPSA) is 67.4 Å². The highest BCUT2D eigenvalue weighted by Gasteiger charge is 2.07. The lowest BCUT2D eigenvalue weighted by atomic mass is 10.2. The molecule has 2 amide bonds. The van der Waals surface area contributed by atoms with Crippen LogP contribution >= 0.6 is 0 Å². The maximum Gasteiger partial charge on any atom is 0.411 e. The molecule has 0 atom stereocenters. The van der Waals surface area contributed by atoms with Crippen molar-refractivity contribution < 1.29 is 14.3 Å². The van der Waals surface area contributed by atoms with E-state index >= 15 is 0 Å². The zero-order valence-corrected chi connectivity index (χ0v) is 12.1. The van der Waals surface area contributed by atoms with E-state index in [4.69, 9.17) is 4.74 Å². The van der Waals surface area contributed by atoms with Gasteiger partial charge in [0.25, 0.3) is 5.91 Å². The van der Waals surface area contributed by atoms with Gasteiger partial charge in [0.2, 0.25) is 0 Å². The van der Waals surface area contributed by atoms with Gasteiger partial charge in [-0.05, 0) is 31.5 Å². The quantitative estimate of drug-likeness (QED) is 0.753. The van der Waals surface area contributed by atoms with Crippen molar-refractivity contribution in [3.8, 4) is 0 Å². The van der Waals surface area contributed by atoms with E-state index in [-0.39, 0.29) is 5.91 Å². The summed E-state index contributed by atoms with van der Waals surface area (Å²) in [6.07, 6.45) is 2.68. The molecule has 1 aromatic rings. The number of rotatable bonds is 7. The third-order valence-corrected chi connectivity index (χ3v) is 2.71. The van der Waals surface area contributed by atoms with Gasteiger partial charge in [-0.15, -0.1) is 0 Å². The monoisotopic (exact) mass is 278 g/mol. The number of carbonyl (C=O) groups is 2. The molecule has 0 saturated heterocycles. The summed E-state index contributed by atoms with van der Waals surface area (Å²) >= 11 is 0. The largest absolute Gasteiger partial charge is 0.450 e.